The fourth-order valence-electron chi connectivity index (χ4n) is 3.13. The van der Waals surface area contributed by atoms with E-state index in [0.29, 0.717) is 34.3 Å². The number of carbonyl (C=O) groups excluding carboxylic acids is 1. The van der Waals surface area contributed by atoms with Crippen molar-refractivity contribution in [2.75, 3.05) is 6.61 Å². The standard InChI is InChI=1S/C25H17BrClFINO4/c1-2-32-22-11-15(9-19(27)23(22)33-13-14-3-6-17(28)7-4-14)10-21-25(31)34-24(30-21)16-5-8-20(29)18(26)12-16/h3-12H,2,13H2,1H3/b21-10-. The van der Waals surface area contributed by atoms with Crippen LogP contribution in [-0.2, 0) is 16.1 Å². The molecule has 0 N–H and O–H groups in total. The maximum Gasteiger partial charge on any atom is 0.363 e. The molecule has 4 rings (SSSR count). The van der Waals surface area contributed by atoms with Gasteiger partial charge in [-0.05, 0) is 105 Å². The van der Waals surface area contributed by atoms with Gasteiger partial charge < -0.3 is 14.2 Å². The molecule has 34 heavy (non-hydrogen) atoms. The van der Waals surface area contributed by atoms with E-state index in [4.69, 9.17) is 25.8 Å². The molecule has 0 saturated heterocycles. The molecule has 0 radical (unpaired) electrons. The second-order valence-corrected chi connectivity index (χ2v) is 9.57. The summed E-state index contributed by atoms with van der Waals surface area (Å²) < 4.78 is 32.0. The Morgan fingerprint density at radius 2 is 1.91 bits per heavy atom. The molecule has 0 fully saturated rings. The summed E-state index contributed by atoms with van der Waals surface area (Å²) in [6.07, 6.45) is 1.58. The zero-order valence-corrected chi connectivity index (χ0v) is 22.3. The van der Waals surface area contributed by atoms with Gasteiger partial charge in [0, 0.05) is 13.6 Å². The first kappa shape index (κ1) is 24.7. The summed E-state index contributed by atoms with van der Waals surface area (Å²) in [6, 6.07) is 14.9. The number of aliphatic imine (C=N–C) groups is 1. The van der Waals surface area contributed by atoms with Crippen molar-refractivity contribution < 1.29 is 23.4 Å². The lowest BCUT2D eigenvalue weighted by Crippen LogP contribution is -2.05. The monoisotopic (exact) mass is 655 g/mol. The van der Waals surface area contributed by atoms with Crippen LogP contribution in [0.5, 0.6) is 11.5 Å². The molecular weight excluding hydrogens is 640 g/mol. The van der Waals surface area contributed by atoms with Crippen LogP contribution in [0, 0.1) is 9.39 Å². The highest BCUT2D eigenvalue weighted by Gasteiger charge is 2.25. The van der Waals surface area contributed by atoms with E-state index in [9.17, 15) is 9.18 Å². The fourth-order valence-corrected chi connectivity index (χ4v) is 4.12. The van der Waals surface area contributed by atoms with Gasteiger partial charge in [-0.3, -0.25) is 0 Å². The van der Waals surface area contributed by atoms with Crippen molar-refractivity contribution in [1.82, 2.24) is 0 Å². The largest absolute Gasteiger partial charge is 0.490 e. The van der Waals surface area contributed by atoms with Gasteiger partial charge in [0.05, 0.1) is 11.6 Å². The summed E-state index contributed by atoms with van der Waals surface area (Å²) in [5, 5.41) is 0.303. The topological polar surface area (TPSA) is 57.1 Å². The molecule has 9 heteroatoms. The van der Waals surface area contributed by atoms with E-state index < -0.39 is 5.97 Å². The normalized spacial score (nSPS) is 14.2. The van der Waals surface area contributed by atoms with Gasteiger partial charge in [0.1, 0.15) is 12.4 Å². The predicted octanol–water partition coefficient (Wildman–Crippen LogP) is 7.17. The molecule has 174 valence electrons. The summed E-state index contributed by atoms with van der Waals surface area (Å²) >= 11 is 12.2. The van der Waals surface area contributed by atoms with Gasteiger partial charge >= 0.3 is 5.97 Å². The summed E-state index contributed by atoms with van der Waals surface area (Å²) in [7, 11) is 0. The number of carbonyl (C=O) groups is 1. The molecule has 0 saturated carbocycles. The van der Waals surface area contributed by atoms with Crippen molar-refractivity contribution in [2.45, 2.75) is 13.5 Å². The Bertz CT molecular complexity index is 1310. The average molecular weight is 657 g/mol. The van der Waals surface area contributed by atoms with E-state index in [1.807, 2.05) is 25.1 Å². The molecule has 3 aromatic rings. The van der Waals surface area contributed by atoms with Gasteiger partial charge in [-0.2, -0.15) is 0 Å². The number of halogens is 4. The molecular formula is C25H17BrClFINO4. The number of nitrogens with zero attached hydrogens (tertiary/aromatic N) is 1. The first-order valence-electron chi connectivity index (χ1n) is 10.2. The van der Waals surface area contributed by atoms with Crippen LogP contribution in [0.25, 0.3) is 6.08 Å². The molecule has 0 aromatic heterocycles. The molecule has 1 aliphatic heterocycles. The molecule has 0 unspecified atom stereocenters. The smallest absolute Gasteiger partial charge is 0.363 e. The Morgan fingerprint density at radius 3 is 2.62 bits per heavy atom. The minimum Gasteiger partial charge on any atom is -0.490 e. The minimum absolute atomic E-state index is 0.142. The van der Waals surface area contributed by atoms with Gasteiger partial charge in [-0.25, -0.2) is 14.2 Å². The first-order chi connectivity index (χ1) is 16.3. The lowest BCUT2D eigenvalue weighted by atomic mass is 10.1. The highest BCUT2D eigenvalue weighted by atomic mass is 127. The van der Waals surface area contributed by atoms with Crippen LogP contribution in [0.1, 0.15) is 23.6 Å². The van der Waals surface area contributed by atoms with Crippen LogP contribution in [0.4, 0.5) is 4.39 Å². The molecule has 1 heterocycles. The van der Waals surface area contributed by atoms with E-state index in [2.05, 4.69) is 43.5 Å². The Morgan fingerprint density at radius 1 is 1.15 bits per heavy atom. The van der Waals surface area contributed by atoms with Crippen molar-refractivity contribution >= 4 is 68.1 Å². The Kier molecular flexibility index (Phi) is 7.90. The van der Waals surface area contributed by atoms with Gasteiger partial charge in [-0.15, -0.1) is 0 Å². The van der Waals surface area contributed by atoms with E-state index in [-0.39, 0.29) is 24.0 Å². The first-order valence-corrected chi connectivity index (χ1v) is 12.4. The summed E-state index contributed by atoms with van der Waals surface area (Å²) in [6.45, 7) is 2.41. The van der Waals surface area contributed by atoms with Gasteiger partial charge in [0.2, 0.25) is 5.90 Å². The zero-order valence-electron chi connectivity index (χ0n) is 17.8. The molecule has 0 atom stereocenters. The van der Waals surface area contributed by atoms with Gasteiger partial charge in [-0.1, -0.05) is 23.7 Å². The number of benzene rings is 3. The van der Waals surface area contributed by atoms with Crippen molar-refractivity contribution in [3.05, 3.63) is 95.9 Å². The third-order valence-electron chi connectivity index (χ3n) is 4.72. The molecule has 0 aliphatic carbocycles. The van der Waals surface area contributed by atoms with Crippen LogP contribution in [0.15, 0.2) is 69.8 Å². The number of rotatable bonds is 7. The molecule has 0 amide bonds. The third kappa shape index (κ3) is 5.79. The number of hydrogen-bond donors (Lipinski definition) is 0. The van der Waals surface area contributed by atoms with Crippen LogP contribution >= 0.6 is 50.1 Å². The van der Waals surface area contributed by atoms with Crippen LogP contribution in [0.2, 0.25) is 5.02 Å². The van der Waals surface area contributed by atoms with Crippen LogP contribution in [0.3, 0.4) is 0 Å². The maximum atomic E-state index is 13.1. The van der Waals surface area contributed by atoms with Crippen molar-refractivity contribution in [1.29, 1.82) is 0 Å². The molecule has 5 nitrogen and oxygen atoms in total. The van der Waals surface area contributed by atoms with Crippen molar-refractivity contribution in [2.24, 2.45) is 4.99 Å². The Balaban J connectivity index is 1.61. The van der Waals surface area contributed by atoms with Crippen LogP contribution < -0.4 is 9.47 Å². The van der Waals surface area contributed by atoms with E-state index in [1.165, 1.54) is 12.1 Å². The van der Waals surface area contributed by atoms with Gasteiger partial charge in [0.15, 0.2) is 17.2 Å². The summed E-state index contributed by atoms with van der Waals surface area (Å²) in [5.74, 6) is 0.122. The second-order valence-electron chi connectivity index (χ2n) is 7.14. The Labute approximate surface area is 222 Å². The van der Waals surface area contributed by atoms with Crippen molar-refractivity contribution in [3.63, 3.8) is 0 Å². The molecule has 0 bridgehead atoms. The number of ether oxygens (including phenoxy) is 3. The van der Waals surface area contributed by atoms with E-state index >= 15 is 0 Å². The lowest BCUT2D eigenvalue weighted by Gasteiger charge is -2.14. The van der Waals surface area contributed by atoms with Crippen molar-refractivity contribution in [3.8, 4) is 11.5 Å². The van der Waals surface area contributed by atoms with E-state index in [1.54, 1.807) is 30.3 Å². The Hall–Kier alpha value is -2.43. The number of hydrogen-bond acceptors (Lipinski definition) is 5. The second kappa shape index (κ2) is 10.9. The highest BCUT2D eigenvalue weighted by Crippen LogP contribution is 2.38. The number of esters is 1. The molecule has 0 spiro atoms. The minimum atomic E-state index is -0.560. The number of cyclic esters (lactones) is 1. The zero-order chi connectivity index (χ0) is 24.2. The maximum absolute atomic E-state index is 13.1. The molecule has 1 aliphatic rings. The lowest BCUT2D eigenvalue weighted by molar-refractivity contribution is -0.129. The van der Waals surface area contributed by atoms with E-state index in [0.717, 1.165) is 13.6 Å². The fraction of sp³-hybridized carbons (Fsp3) is 0.120. The predicted molar refractivity (Wildman–Crippen MR) is 141 cm³/mol. The average Bonchev–Trinajstić information content (AvgIpc) is 3.16. The quantitative estimate of drug-likeness (QED) is 0.154. The SMILES string of the molecule is CCOc1cc(/C=C2\N=C(c3ccc(I)c(Br)c3)OC2=O)cc(Cl)c1OCc1ccc(F)cc1. The summed E-state index contributed by atoms with van der Waals surface area (Å²) in [5.41, 5.74) is 2.21. The molecule has 3 aromatic carbocycles. The third-order valence-corrected chi connectivity index (χ3v) is 7.34. The summed E-state index contributed by atoms with van der Waals surface area (Å²) in [4.78, 5) is 16.8. The van der Waals surface area contributed by atoms with Gasteiger partial charge in [0.25, 0.3) is 0 Å². The van der Waals surface area contributed by atoms with Crippen LogP contribution in [-0.4, -0.2) is 18.5 Å². The highest BCUT2D eigenvalue weighted by molar-refractivity contribution is 14.1.